The molecule has 3 heteroatoms. The third kappa shape index (κ3) is 2.47. The summed E-state index contributed by atoms with van der Waals surface area (Å²) in [4.78, 5) is 2.50. The van der Waals surface area contributed by atoms with Crippen LogP contribution in [0.1, 0.15) is 26.7 Å². The molecule has 0 aromatic rings. The molecule has 2 saturated heterocycles. The first-order chi connectivity index (χ1) is 7.62. The zero-order valence-corrected chi connectivity index (χ0v) is 10.5. The Morgan fingerprint density at radius 3 is 3.06 bits per heavy atom. The fourth-order valence-corrected chi connectivity index (χ4v) is 2.71. The minimum atomic E-state index is 0.165. The Balaban J connectivity index is 2.07. The molecule has 92 valence electrons. The van der Waals surface area contributed by atoms with Gasteiger partial charge in [-0.3, -0.25) is 4.90 Å². The van der Waals surface area contributed by atoms with Crippen LogP contribution in [0.15, 0.2) is 12.2 Å². The van der Waals surface area contributed by atoms with Crippen molar-refractivity contribution in [1.29, 1.82) is 0 Å². The smallest absolute Gasteiger partial charge is 0.0658 e. The van der Waals surface area contributed by atoms with Gasteiger partial charge in [0.1, 0.15) is 0 Å². The Labute approximate surface area is 98.4 Å². The zero-order valence-electron chi connectivity index (χ0n) is 10.5. The molecule has 0 radical (unpaired) electrons. The third-order valence-electron chi connectivity index (χ3n) is 3.57. The monoisotopic (exact) mass is 225 g/mol. The molecule has 0 bridgehead atoms. The molecule has 3 nitrogen and oxygen atoms in total. The second-order valence-electron chi connectivity index (χ2n) is 5.29. The highest BCUT2D eigenvalue weighted by atomic mass is 16.5. The summed E-state index contributed by atoms with van der Waals surface area (Å²) < 4.78 is 11.4. The van der Waals surface area contributed by atoms with E-state index in [1.54, 1.807) is 0 Å². The van der Waals surface area contributed by atoms with Gasteiger partial charge in [-0.05, 0) is 26.7 Å². The van der Waals surface area contributed by atoms with Gasteiger partial charge in [-0.15, -0.1) is 0 Å². The van der Waals surface area contributed by atoms with Gasteiger partial charge in [-0.1, -0.05) is 12.2 Å². The highest BCUT2D eigenvalue weighted by molar-refractivity contribution is 5.15. The summed E-state index contributed by atoms with van der Waals surface area (Å²) in [7, 11) is 0. The molecule has 0 unspecified atom stereocenters. The number of hydrogen-bond acceptors (Lipinski definition) is 3. The highest BCUT2D eigenvalue weighted by Crippen LogP contribution is 2.36. The number of fused-ring (bicyclic) bond motifs is 1. The van der Waals surface area contributed by atoms with Gasteiger partial charge in [0.15, 0.2) is 0 Å². The number of ether oxygens (including phenoxy) is 2. The molecule has 2 rings (SSSR count). The second-order valence-corrected chi connectivity index (χ2v) is 5.29. The molecule has 0 aromatic heterocycles. The van der Waals surface area contributed by atoms with Crippen molar-refractivity contribution in [3.63, 3.8) is 0 Å². The van der Waals surface area contributed by atoms with E-state index in [0.717, 1.165) is 45.8 Å². The number of rotatable bonds is 3. The lowest BCUT2D eigenvalue weighted by Gasteiger charge is -2.36. The van der Waals surface area contributed by atoms with Crippen molar-refractivity contribution in [1.82, 2.24) is 4.90 Å². The van der Waals surface area contributed by atoms with E-state index in [1.165, 1.54) is 5.57 Å². The van der Waals surface area contributed by atoms with Crippen molar-refractivity contribution in [3.8, 4) is 0 Å². The fourth-order valence-electron chi connectivity index (χ4n) is 2.71. The SMILES string of the molecule is C=C1CN2CCOCC[C@@]2(COC(C)C)C1. The van der Waals surface area contributed by atoms with E-state index in [0.29, 0.717) is 6.10 Å². The molecule has 16 heavy (non-hydrogen) atoms. The minimum Gasteiger partial charge on any atom is -0.380 e. The van der Waals surface area contributed by atoms with Crippen LogP contribution in [0.2, 0.25) is 0 Å². The summed E-state index contributed by atoms with van der Waals surface area (Å²) in [5, 5.41) is 0. The summed E-state index contributed by atoms with van der Waals surface area (Å²) in [6, 6.07) is 0. The van der Waals surface area contributed by atoms with Crippen LogP contribution in [0.25, 0.3) is 0 Å². The molecule has 2 fully saturated rings. The first-order valence-electron chi connectivity index (χ1n) is 6.23. The quantitative estimate of drug-likeness (QED) is 0.684. The van der Waals surface area contributed by atoms with Crippen LogP contribution in [0.3, 0.4) is 0 Å². The summed E-state index contributed by atoms with van der Waals surface area (Å²) in [6.45, 7) is 12.9. The molecule has 2 aliphatic heterocycles. The maximum Gasteiger partial charge on any atom is 0.0658 e. The summed E-state index contributed by atoms with van der Waals surface area (Å²) >= 11 is 0. The van der Waals surface area contributed by atoms with E-state index in [1.807, 2.05) is 0 Å². The average Bonchev–Trinajstić information content (AvgIpc) is 2.40. The Morgan fingerprint density at radius 2 is 2.31 bits per heavy atom. The van der Waals surface area contributed by atoms with E-state index < -0.39 is 0 Å². The van der Waals surface area contributed by atoms with Crippen LogP contribution < -0.4 is 0 Å². The molecule has 2 aliphatic rings. The molecular weight excluding hydrogens is 202 g/mol. The van der Waals surface area contributed by atoms with Crippen LogP contribution in [0.4, 0.5) is 0 Å². The van der Waals surface area contributed by atoms with Crippen LogP contribution >= 0.6 is 0 Å². The molecule has 1 atom stereocenters. The van der Waals surface area contributed by atoms with Crippen molar-refractivity contribution in [2.45, 2.75) is 38.3 Å². The van der Waals surface area contributed by atoms with Crippen LogP contribution in [-0.4, -0.2) is 49.5 Å². The van der Waals surface area contributed by atoms with Gasteiger partial charge < -0.3 is 9.47 Å². The molecule has 0 aromatic carbocycles. The van der Waals surface area contributed by atoms with Gasteiger partial charge in [0, 0.05) is 19.7 Å². The first-order valence-corrected chi connectivity index (χ1v) is 6.23. The Kier molecular flexibility index (Phi) is 3.67. The van der Waals surface area contributed by atoms with E-state index in [-0.39, 0.29) is 5.54 Å². The Hall–Kier alpha value is -0.380. The molecular formula is C13H23NO2. The zero-order chi connectivity index (χ0) is 11.6. The number of hydrogen-bond donors (Lipinski definition) is 0. The van der Waals surface area contributed by atoms with Gasteiger partial charge in [0.05, 0.1) is 24.9 Å². The largest absolute Gasteiger partial charge is 0.380 e. The molecule has 0 N–H and O–H groups in total. The van der Waals surface area contributed by atoms with Gasteiger partial charge in [0.2, 0.25) is 0 Å². The first kappa shape index (κ1) is 12.1. The van der Waals surface area contributed by atoms with Crippen LogP contribution in [-0.2, 0) is 9.47 Å². The lowest BCUT2D eigenvalue weighted by atomic mass is 9.92. The molecule has 0 amide bonds. The van der Waals surface area contributed by atoms with Gasteiger partial charge >= 0.3 is 0 Å². The maximum absolute atomic E-state index is 5.85. The lowest BCUT2D eigenvalue weighted by Crippen LogP contribution is -2.48. The van der Waals surface area contributed by atoms with E-state index in [2.05, 4.69) is 25.3 Å². The molecule has 2 heterocycles. The molecule has 0 aliphatic carbocycles. The van der Waals surface area contributed by atoms with Crippen molar-refractivity contribution < 1.29 is 9.47 Å². The molecule has 0 saturated carbocycles. The highest BCUT2D eigenvalue weighted by Gasteiger charge is 2.43. The maximum atomic E-state index is 5.85. The predicted molar refractivity (Wildman–Crippen MR) is 64.6 cm³/mol. The second kappa shape index (κ2) is 4.86. The summed E-state index contributed by atoms with van der Waals surface area (Å²) in [5.74, 6) is 0. The lowest BCUT2D eigenvalue weighted by molar-refractivity contribution is -0.0120. The number of nitrogens with zero attached hydrogens (tertiary/aromatic N) is 1. The summed E-state index contributed by atoms with van der Waals surface area (Å²) in [5.41, 5.74) is 1.51. The third-order valence-corrected chi connectivity index (χ3v) is 3.57. The van der Waals surface area contributed by atoms with Gasteiger partial charge in [-0.25, -0.2) is 0 Å². The van der Waals surface area contributed by atoms with Crippen LogP contribution in [0, 0.1) is 0 Å². The Bertz CT molecular complexity index is 265. The average molecular weight is 225 g/mol. The van der Waals surface area contributed by atoms with Crippen molar-refractivity contribution >= 4 is 0 Å². The van der Waals surface area contributed by atoms with Crippen molar-refractivity contribution in [3.05, 3.63) is 12.2 Å². The van der Waals surface area contributed by atoms with E-state index >= 15 is 0 Å². The predicted octanol–water partition coefficient (Wildman–Crippen LogP) is 1.83. The van der Waals surface area contributed by atoms with E-state index in [9.17, 15) is 0 Å². The van der Waals surface area contributed by atoms with Gasteiger partial charge in [-0.2, -0.15) is 0 Å². The topological polar surface area (TPSA) is 21.7 Å². The molecule has 0 spiro atoms. The normalized spacial score (nSPS) is 31.8. The fraction of sp³-hybridized carbons (Fsp3) is 0.846. The van der Waals surface area contributed by atoms with Crippen molar-refractivity contribution in [2.75, 3.05) is 32.9 Å². The van der Waals surface area contributed by atoms with Gasteiger partial charge in [0.25, 0.3) is 0 Å². The summed E-state index contributed by atoms with van der Waals surface area (Å²) in [6.07, 6.45) is 2.44. The standard InChI is InChI=1S/C13H23NO2/c1-11(2)16-10-13-4-6-15-7-5-14(13)9-12(3)8-13/h11H,3-10H2,1-2H3/t13-/m0/s1. The van der Waals surface area contributed by atoms with Crippen LogP contribution in [0.5, 0.6) is 0 Å². The minimum absolute atomic E-state index is 0.165. The Morgan fingerprint density at radius 1 is 1.50 bits per heavy atom. The van der Waals surface area contributed by atoms with E-state index in [4.69, 9.17) is 9.47 Å². The van der Waals surface area contributed by atoms with Crippen molar-refractivity contribution in [2.24, 2.45) is 0 Å².